The zero-order valence-corrected chi connectivity index (χ0v) is 11.2. The van der Waals surface area contributed by atoms with Gasteiger partial charge in [0.1, 0.15) is 24.4 Å². The molecule has 122 valence electrons. The van der Waals surface area contributed by atoms with E-state index >= 15 is 0 Å². The zero-order chi connectivity index (χ0) is 16.4. The Morgan fingerprint density at radius 1 is 1.18 bits per heavy atom. The third kappa shape index (κ3) is 3.13. The summed E-state index contributed by atoms with van der Waals surface area (Å²) in [5.74, 6) is -1.93. The van der Waals surface area contributed by atoms with Crippen LogP contribution in [0.5, 0.6) is 11.5 Å². The van der Waals surface area contributed by atoms with Gasteiger partial charge in [0.2, 0.25) is 6.29 Å². The number of aliphatic hydroxyl groups is 4. The van der Waals surface area contributed by atoms with Crippen molar-refractivity contribution in [1.82, 2.24) is 0 Å². The molecule has 1 aromatic carbocycles. The van der Waals surface area contributed by atoms with Crippen molar-refractivity contribution in [3.63, 3.8) is 0 Å². The molecule has 9 nitrogen and oxygen atoms in total. The van der Waals surface area contributed by atoms with Gasteiger partial charge in [0.25, 0.3) is 0 Å². The number of benzene rings is 1. The van der Waals surface area contributed by atoms with Gasteiger partial charge in [-0.3, -0.25) is 0 Å². The number of aliphatic hydroxyl groups excluding tert-OH is 4. The Hall–Kier alpha value is -1.91. The van der Waals surface area contributed by atoms with Crippen LogP contribution in [0.25, 0.3) is 0 Å². The van der Waals surface area contributed by atoms with Gasteiger partial charge in [-0.2, -0.15) is 0 Å². The van der Waals surface area contributed by atoms with Crippen LogP contribution in [-0.4, -0.2) is 73.9 Å². The first kappa shape index (κ1) is 16.5. The fourth-order valence-electron chi connectivity index (χ4n) is 2.04. The minimum Gasteiger partial charge on any atom is -0.504 e. The second kappa shape index (κ2) is 6.46. The molecule has 5 atom stereocenters. The summed E-state index contributed by atoms with van der Waals surface area (Å²) in [4.78, 5) is 10.8. The highest BCUT2D eigenvalue weighted by Gasteiger charge is 2.44. The molecule has 0 saturated carbocycles. The number of hydrogen-bond donors (Lipinski definition) is 6. The lowest BCUT2D eigenvalue weighted by molar-refractivity contribution is -0.277. The molecular formula is C13H16O9. The Kier molecular flexibility index (Phi) is 4.84. The van der Waals surface area contributed by atoms with Crippen LogP contribution in [0.2, 0.25) is 0 Å². The van der Waals surface area contributed by atoms with Gasteiger partial charge in [0.05, 0.1) is 12.2 Å². The van der Waals surface area contributed by atoms with Crippen LogP contribution in [0.15, 0.2) is 18.2 Å². The second-order valence-corrected chi connectivity index (χ2v) is 4.80. The smallest absolute Gasteiger partial charge is 0.335 e. The predicted octanol–water partition coefficient (Wildman–Crippen LogP) is -1.73. The van der Waals surface area contributed by atoms with Gasteiger partial charge < -0.3 is 40.1 Å². The van der Waals surface area contributed by atoms with Gasteiger partial charge in [-0.25, -0.2) is 4.79 Å². The molecule has 6 N–H and O–H groups in total. The third-order valence-electron chi connectivity index (χ3n) is 3.30. The monoisotopic (exact) mass is 316 g/mol. The summed E-state index contributed by atoms with van der Waals surface area (Å²) in [5.41, 5.74) is -0.168. The average molecular weight is 316 g/mol. The van der Waals surface area contributed by atoms with Crippen LogP contribution >= 0.6 is 0 Å². The maximum absolute atomic E-state index is 10.8. The normalized spacial score (nSPS) is 31.7. The summed E-state index contributed by atoms with van der Waals surface area (Å²) >= 11 is 0. The van der Waals surface area contributed by atoms with E-state index in [1.165, 1.54) is 6.07 Å². The molecule has 0 unspecified atom stereocenters. The number of phenols is 1. The molecule has 9 heteroatoms. The van der Waals surface area contributed by atoms with Crippen molar-refractivity contribution in [3.8, 4) is 11.5 Å². The van der Waals surface area contributed by atoms with E-state index in [0.717, 1.165) is 12.1 Å². The highest BCUT2D eigenvalue weighted by atomic mass is 16.7. The minimum absolute atomic E-state index is 0.168. The maximum Gasteiger partial charge on any atom is 0.335 e. The lowest BCUT2D eigenvalue weighted by atomic mass is 9.99. The number of aromatic carboxylic acids is 1. The first-order valence-electron chi connectivity index (χ1n) is 6.38. The van der Waals surface area contributed by atoms with Crippen LogP contribution in [0, 0.1) is 0 Å². The molecule has 1 heterocycles. The molecule has 22 heavy (non-hydrogen) atoms. The molecule has 1 aliphatic heterocycles. The van der Waals surface area contributed by atoms with E-state index in [2.05, 4.69) is 0 Å². The fraction of sp³-hybridized carbons (Fsp3) is 0.462. The molecule has 1 saturated heterocycles. The Morgan fingerprint density at radius 3 is 2.41 bits per heavy atom. The van der Waals surface area contributed by atoms with Crippen LogP contribution in [-0.2, 0) is 4.74 Å². The summed E-state index contributed by atoms with van der Waals surface area (Å²) in [6.07, 6.45) is -7.38. The van der Waals surface area contributed by atoms with Crippen molar-refractivity contribution in [2.45, 2.75) is 30.7 Å². The van der Waals surface area contributed by atoms with E-state index in [0.29, 0.717) is 0 Å². The van der Waals surface area contributed by atoms with Crippen LogP contribution in [0.3, 0.4) is 0 Å². The van der Waals surface area contributed by atoms with Crippen molar-refractivity contribution >= 4 is 5.97 Å². The van der Waals surface area contributed by atoms with Gasteiger partial charge in [-0.15, -0.1) is 0 Å². The molecule has 2 rings (SSSR count). The number of rotatable bonds is 4. The van der Waals surface area contributed by atoms with Crippen molar-refractivity contribution < 1.29 is 44.9 Å². The number of carboxylic acids is 1. The highest BCUT2D eigenvalue weighted by molar-refractivity contribution is 5.88. The number of phenolic OH excluding ortho intramolecular Hbond substituents is 1. The molecule has 0 spiro atoms. The van der Waals surface area contributed by atoms with E-state index < -0.39 is 49.0 Å². The first-order valence-corrected chi connectivity index (χ1v) is 6.38. The second-order valence-electron chi connectivity index (χ2n) is 4.80. The van der Waals surface area contributed by atoms with Crippen LogP contribution < -0.4 is 4.74 Å². The topological polar surface area (TPSA) is 157 Å². The van der Waals surface area contributed by atoms with E-state index in [-0.39, 0.29) is 11.3 Å². The molecule has 0 radical (unpaired) electrons. The Morgan fingerprint density at radius 2 is 1.86 bits per heavy atom. The van der Waals surface area contributed by atoms with Crippen LogP contribution in [0.1, 0.15) is 10.4 Å². The summed E-state index contributed by atoms with van der Waals surface area (Å²) in [6, 6.07) is 3.27. The SMILES string of the molecule is O=C(O)c1ccc(O[C@@H]2O[C@@H](CO)[C@H](O)[C@@H](O)[C@@H]2O)c(O)c1. The number of carboxylic acid groups (broad SMARTS) is 1. The number of aromatic hydroxyl groups is 1. The first-order chi connectivity index (χ1) is 10.3. The standard InChI is InChI=1S/C13H16O9/c14-4-8-9(16)10(17)11(18)13(22-8)21-7-2-1-5(12(19)20)3-6(7)15/h1-3,8-11,13-18H,4H2,(H,19,20)/t8-,9-,10+,11-,13+/m0/s1. The molecule has 1 aromatic rings. The Balaban J connectivity index is 2.17. The molecule has 1 aliphatic rings. The van der Waals surface area contributed by atoms with E-state index in [1.807, 2.05) is 0 Å². The summed E-state index contributed by atoms with van der Waals surface area (Å²) < 4.78 is 10.3. The van der Waals surface area contributed by atoms with E-state index in [9.17, 15) is 25.2 Å². The zero-order valence-electron chi connectivity index (χ0n) is 11.2. The van der Waals surface area contributed by atoms with E-state index in [1.54, 1.807) is 0 Å². The van der Waals surface area contributed by atoms with Gasteiger partial charge in [-0.05, 0) is 18.2 Å². The average Bonchev–Trinajstić information content (AvgIpc) is 2.49. The van der Waals surface area contributed by atoms with Crippen molar-refractivity contribution in [2.24, 2.45) is 0 Å². The molecule has 0 bridgehead atoms. The fourth-order valence-corrected chi connectivity index (χ4v) is 2.04. The quantitative estimate of drug-likeness (QED) is 0.380. The van der Waals surface area contributed by atoms with Gasteiger partial charge in [0, 0.05) is 0 Å². The number of ether oxygens (including phenoxy) is 2. The maximum atomic E-state index is 10.8. The molecular weight excluding hydrogens is 300 g/mol. The lowest BCUT2D eigenvalue weighted by Crippen LogP contribution is -2.60. The van der Waals surface area contributed by atoms with Crippen LogP contribution in [0.4, 0.5) is 0 Å². The molecule has 0 amide bonds. The summed E-state index contributed by atoms with van der Waals surface area (Å²) in [7, 11) is 0. The molecule has 0 aromatic heterocycles. The Labute approximate surface area is 124 Å². The largest absolute Gasteiger partial charge is 0.504 e. The lowest BCUT2D eigenvalue weighted by Gasteiger charge is -2.39. The molecule has 0 aliphatic carbocycles. The van der Waals surface area contributed by atoms with E-state index in [4.69, 9.17) is 19.7 Å². The number of hydrogen-bond acceptors (Lipinski definition) is 8. The predicted molar refractivity (Wildman–Crippen MR) is 69.5 cm³/mol. The van der Waals surface area contributed by atoms with Gasteiger partial charge in [-0.1, -0.05) is 0 Å². The van der Waals surface area contributed by atoms with Gasteiger partial charge >= 0.3 is 5.97 Å². The highest BCUT2D eigenvalue weighted by Crippen LogP contribution is 2.31. The number of carbonyl (C=O) groups is 1. The molecule has 1 fully saturated rings. The van der Waals surface area contributed by atoms with Crippen molar-refractivity contribution in [2.75, 3.05) is 6.61 Å². The summed E-state index contributed by atoms with van der Waals surface area (Å²) in [5, 5.41) is 56.6. The third-order valence-corrected chi connectivity index (χ3v) is 3.30. The van der Waals surface area contributed by atoms with Gasteiger partial charge in [0.15, 0.2) is 11.5 Å². The summed E-state index contributed by atoms with van der Waals surface area (Å²) in [6.45, 7) is -0.616. The minimum atomic E-state index is -1.63. The van der Waals surface area contributed by atoms with Crippen molar-refractivity contribution in [3.05, 3.63) is 23.8 Å². The van der Waals surface area contributed by atoms with Crippen molar-refractivity contribution in [1.29, 1.82) is 0 Å². The Bertz CT molecular complexity index is 544.